The average molecular weight is 206 g/mol. The number of nitrogens with zero attached hydrogens (tertiary/aromatic N) is 1. The monoisotopic (exact) mass is 206 g/mol. The van der Waals surface area contributed by atoms with E-state index >= 15 is 0 Å². The highest BCUT2D eigenvalue weighted by atomic mass is 16.2. The van der Waals surface area contributed by atoms with Crippen molar-refractivity contribution in [3.05, 3.63) is 35.9 Å². The van der Waals surface area contributed by atoms with Crippen molar-refractivity contribution >= 4 is 5.91 Å². The predicted molar refractivity (Wildman–Crippen MR) is 61.0 cm³/mol. The number of hydrogen-bond acceptors (Lipinski definition) is 2. The quantitative estimate of drug-likeness (QED) is 0.563. The molecule has 0 aromatic heterocycles. The first-order valence-corrected chi connectivity index (χ1v) is 5.40. The molecule has 1 saturated heterocycles. The molecule has 0 radical (unpaired) electrons. The van der Waals surface area contributed by atoms with Crippen LogP contribution in [0.15, 0.2) is 30.3 Å². The third-order valence-electron chi connectivity index (χ3n) is 2.44. The summed E-state index contributed by atoms with van der Waals surface area (Å²) in [4.78, 5) is 11.5. The SMILES string of the molecule is CC.NN1CCC(c2ccccc2)C1=O. The Hall–Kier alpha value is -1.35. The van der Waals surface area contributed by atoms with Gasteiger partial charge in [0.1, 0.15) is 0 Å². The summed E-state index contributed by atoms with van der Waals surface area (Å²) in [6.45, 7) is 4.67. The Labute approximate surface area is 90.9 Å². The van der Waals surface area contributed by atoms with Gasteiger partial charge in [0, 0.05) is 6.54 Å². The van der Waals surface area contributed by atoms with E-state index in [1.165, 1.54) is 5.01 Å². The van der Waals surface area contributed by atoms with E-state index in [0.717, 1.165) is 12.0 Å². The average Bonchev–Trinajstić information content (AvgIpc) is 2.64. The maximum Gasteiger partial charge on any atom is 0.244 e. The van der Waals surface area contributed by atoms with Gasteiger partial charge in [-0.3, -0.25) is 9.80 Å². The zero-order chi connectivity index (χ0) is 11.3. The molecule has 1 fully saturated rings. The lowest BCUT2D eigenvalue weighted by atomic mass is 9.98. The van der Waals surface area contributed by atoms with Crippen molar-refractivity contribution in [1.29, 1.82) is 0 Å². The molecular weight excluding hydrogens is 188 g/mol. The normalized spacial score (nSPS) is 19.8. The van der Waals surface area contributed by atoms with E-state index in [9.17, 15) is 4.79 Å². The maximum absolute atomic E-state index is 11.5. The highest BCUT2D eigenvalue weighted by Crippen LogP contribution is 2.26. The Bertz CT molecular complexity index is 311. The zero-order valence-corrected chi connectivity index (χ0v) is 9.31. The minimum atomic E-state index is -0.0220. The van der Waals surface area contributed by atoms with Crippen molar-refractivity contribution in [1.82, 2.24) is 5.01 Å². The lowest BCUT2D eigenvalue weighted by Gasteiger charge is -2.09. The van der Waals surface area contributed by atoms with Crippen LogP contribution in [-0.4, -0.2) is 17.5 Å². The second-order valence-electron chi connectivity index (χ2n) is 3.28. The summed E-state index contributed by atoms with van der Waals surface area (Å²) in [5.74, 6) is 5.50. The molecule has 1 aliphatic heterocycles. The van der Waals surface area contributed by atoms with E-state index in [2.05, 4.69) is 0 Å². The number of benzene rings is 1. The van der Waals surface area contributed by atoms with Crippen molar-refractivity contribution in [2.45, 2.75) is 26.2 Å². The smallest absolute Gasteiger partial charge is 0.244 e. The molecule has 1 unspecified atom stereocenters. The van der Waals surface area contributed by atoms with Gasteiger partial charge in [-0.05, 0) is 12.0 Å². The molecular formula is C12H18N2O. The van der Waals surface area contributed by atoms with Crippen molar-refractivity contribution < 1.29 is 4.79 Å². The maximum atomic E-state index is 11.5. The van der Waals surface area contributed by atoms with Crippen LogP contribution in [0.1, 0.15) is 31.7 Å². The molecule has 1 aliphatic rings. The molecule has 1 atom stereocenters. The molecule has 3 nitrogen and oxygen atoms in total. The van der Waals surface area contributed by atoms with Crippen molar-refractivity contribution in [2.75, 3.05) is 6.54 Å². The highest BCUT2D eigenvalue weighted by molar-refractivity contribution is 5.85. The van der Waals surface area contributed by atoms with Gasteiger partial charge in [0.05, 0.1) is 5.92 Å². The third kappa shape index (κ3) is 2.57. The standard InChI is InChI=1S/C10H12N2O.C2H6/c11-12-7-6-9(10(12)13)8-4-2-1-3-5-8;1-2/h1-5,9H,6-7,11H2;1-2H3. The fraction of sp³-hybridized carbons (Fsp3) is 0.417. The number of rotatable bonds is 1. The van der Waals surface area contributed by atoms with Gasteiger partial charge in [-0.1, -0.05) is 44.2 Å². The Balaban J connectivity index is 0.000000531. The summed E-state index contributed by atoms with van der Waals surface area (Å²) in [5.41, 5.74) is 1.07. The van der Waals surface area contributed by atoms with Crippen LogP contribution in [0, 0.1) is 0 Å². The second-order valence-corrected chi connectivity index (χ2v) is 3.28. The van der Waals surface area contributed by atoms with Gasteiger partial charge in [-0.25, -0.2) is 5.84 Å². The zero-order valence-electron chi connectivity index (χ0n) is 9.31. The summed E-state index contributed by atoms with van der Waals surface area (Å²) >= 11 is 0. The lowest BCUT2D eigenvalue weighted by Crippen LogP contribution is -2.33. The van der Waals surface area contributed by atoms with E-state index in [4.69, 9.17) is 5.84 Å². The summed E-state index contributed by atoms with van der Waals surface area (Å²) < 4.78 is 0. The van der Waals surface area contributed by atoms with Crippen molar-refractivity contribution in [3.63, 3.8) is 0 Å². The predicted octanol–water partition coefficient (Wildman–Crippen LogP) is 1.90. The fourth-order valence-electron chi connectivity index (χ4n) is 1.70. The third-order valence-corrected chi connectivity index (χ3v) is 2.44. The van der Waals surface area contributed by atoms with Gasteiger partial charge in [0.2, 0.25) is 5.91 Å². The van der Waals surface area contributed by atoms with Gasteiger partial charge in [0.25, 0.3) is 0 Å². The Morgan fingerprint density at radius 3 is 2.33 bits per heavy atom. The summed E-state index contributed by atoms with van der Waals surface area (Å²) in [5, 5.41) is 1.30. The Kier molecular flexibility index (Phi) is 4.31. The molecule has 82 valence electrons. The van der Waals surface area contributed by atoms with E-state index < -0.39 is 0 Å². The molecule has 3 heteroatoms. The van der Waals surface area contributed by atoms with E-state index in [-0.39, 0.29) is 11.8 Å². The number of hydrogen-bond donors (Lipinski definition) is 1. The summed E-state index contributed by atoms with van der Waals surface area (Å²) in [6, 6.07) is 9.79. The van der Waals surface area contributed by atoms with Crippen LogP contribution in [0.3, 0.4) is 0 Å². The van der Waals surface area contributed by atoms with Crippen molar-refractivity contribution in [3.8, 4) is 0 Å². The van der Waals surface area contributed by atoms with Crippen LogP contribution in [0.25, 0.3) is 0 Å². The van der Waals surface area contributed by atoms with Gasteiger partial charge in [0.15, 0.2) is 0 Å². The van der Waals surface area contributed by atoms with Gasteiger partial charge in [-0.15, -0.1) is 0 Å². The summed E-state index contributed by atoms with van der Waals surface area (Å²) in [6.07, 6.45) is 0.833. The van der Waals surface area contributed by atoms with Crippen LogP contribution >= 0.6 is 0 Å². The molecule has 2 N–H and O–H groups in total. The van der Waals surface area contributed by atoms with Crippen LogP contribution in [0.2, 0.25) is 0 Å². The Morgan fingerprint density at radius 1 is 1.27 bits per heavy atom. The van der Waals surface area contributed by atoms with E-state index in [0.29, 0.717) is 6.54 Å². The van der Waals surface area contributed by atoms with Gasteiger partial charge < -0.3 is 0 Å². The molecule has 0 spiro atoms. The van der Waals surface area contributed by atoms with Crippen LogP contribution < -0.4 is 5.84 Å². The number of amides is 1. The molecule has 15 heavy (non-hydrogen) atoms. The number of hydrazine groups is 1. The lowest BCUT2D eigenvalue weighted by molar-refractivity contribution is -0.129. The largest absolute Gasteiger partial charge is 0.280 e. The fourth-order valence-corrected chi connectivity index (χ4v) is 1.70. The molecule has 0 aliphatic carbocycles. The molecule has 1 aromatic carbocycles. The van der Waals surface area contributed by atoms with Gasteiger partial charge >= 0.3 is 0 Å². The van der Waals surface area contributed by atoms with Crippen LogP contribution in [0.4, 0.5) is 0 Å². The first kappa shape index (κ1) is 11.7. The first-order valence-electron chi connectivity index (χ1n) is 5.40. The van der Waals surface area contributed by atoms with Crippen LogP contribution in [0.5, 0.6) is 0 Å². The van der Waals surface area contributed by atoms with E-state index in [1.54, 1.807) is 0 Å². The minimum absolute atomic E-state index is 0.0220. The first-order chi connectivity index (χ1) is 7.29. The van der Waals surface area contributed by atoms with Gasteiger partial charge in [-0.2, -0.15) is 0 Å². The molecule has 1 heterocycles. The molecule has 0 saturated carbocycles. The van der Waals surface area contributed by atoms with Crippen LogP contribution in [-0.2, 0) is 4.79 Å². The Morgan fingerprint density at radius 2 is 1.87 bits per heavy atom. The topological polar surface area (TPSA) is 46.3 Å². The van der Waals surface area contributed by atoms with Crippen molar-refractivity contribution in [2.24, 2.45) is 5.84 Å². The molecule has 0 bridgehead atoms. The molecule has 1 aromatic rings. The minimum Gasteiger partial charge on any atom is -0.280 e. The molecule has 2 rings (SSSR count). The highest BCUT2D eigenvalue weighted by Gasteiger charge is 2.30. The second kappa shape index (κ2) is 5.51. The summed E-state index contributed by atoms with van der Waals surface area (Å²) in [7, 11) is 0. The number of carbonyl (C=O) groups is 1. The molecule has 1 amide bonds. The number of carbonyl (C=O) groups excluding carboxylic acids is 1. The van der Waals surface area contributed by atoms with E-state index in [1.807, 2.05) is 44.2 Å². The number of nitrogens with two attached hydrogens (primary N) is 1.